The molecule has 4 heteroatoms. The van der Waals surface area contributed by atoms with Crippen molar-refractivity contribution in [2.24, 2.45) is 11.8 Å². The highest BCUT2D eigenvalue weighted by Gasteiger charge is 2.18. The molecule has 21 heavy (non-hydrogen) atoms. The molecule has 1 fully saturated rings. The average Bonchev–Trinajstić information content (AvgIpc) is 2.82. The molecule has 118 valence electrons. The summed E-state index contributed by atoms with van der Waals surface area (Å²) in [5, 5.41) is 3.05. The van der Waals surface area contributed by atoms with Crippen molar-refractivity contribution in [3.8, 4) is 0 Å². The number of rotatable bonds is 6. The number of amides is 1. The fourth-order valence-corrected chi connectivity index (χ4v) is 3.25. The lowest BCUT2D eigenvalue weighted by Gasteiger charge is -2.26. The smallest absolute Gasteiger partial charge is 0.267 e. The number of nitrogens with zero attached hydrogens (tertiary/aromatic N) is 1. The van der Waals surface area contributed by atoms with E-state index < -0.39 is 0 Å². The van der Waals surface area contributed by atoms with E-state index in [9.17, 15) is 4.79 Å². The number of aryl methyl sites for hydroxylation is 1. The average molecular weight is 291 g/mol. The van der Waals surface area contributed by atoms with Crippen LogP contribution in [0.4, 0.5) is 5.69 Å². The Morgan fingerprint density at radius 1 is 1.38 bits per heavy atom. The van der Waals surface area contributed by atoms with Crippen molar-refractivity contribution in [1.82, 2.24) is 9.88 Å². The Labute approximate surface area is 128 Å². The van der Waals surface area contributed by atoms with Crippen LogP contribution in [0.15, 0.2) is 12.3 Å². The molecule has 1 aromatic rings. The minimum Gasteiger partial charge on any atom is -0.397 e. The van der Waals surface area contributed by atoms with Crippen molar-refractivity contribution in [1.29, 1.82) is 0 Å². The molecule has 0 atom stereocenters. The van der Waals surface area contributed by atoms with Gasteiger partial charge in [-0.3, -0.25) is 4.79 Å². The molecular formula is C17H29N3O. The second kappa shape index (κ2) is 7.53. The van der Waals surface area contributed by atoms with E-state index in [1.807, 2.05) is 10.8 Å². The van der Waals surface area contributed by atoms with Gasteiger partial charge in [0.1, 0.15) is 5.69 Å². The molecule has 1 saturated carbocycles. The third-order valence-electron chi connectivity index (χ3n) is 4.59. The summed E-state index contributed by atoms with van der Waals surface area (Å²) in [4.78, 5) is 12.3. The lowest BCUT2D eigenvalue weighted by Crippen LogP contribution is -2.28. The molecule has 0 saturated heterocycles. The van der Waals surface area contributed by atoms with Crippen molar-refractivity contribution in [3.63, 3.8) is 0 Å². The van der Waals surface area contributed by atoms with Gasteiger partial charge in [-0.2, -0.15) is 0 Å². The van der Waals surface area contributed by atoms with Crippen molar-refractivity contribution in [2.75, 3.05) is 12.3 Å². The summed E-state index contributed by atoms with van der Waals surface area (Å²) >= 11 is 0. The van der Waals surface area contributed by atoms with E-state index >= 15 is 0 Å². The third-order valence-corrected chi connectivity index (χ3v) is 4.59. The quantitative estimate of drug-likeness (QED) is 0.843. The van der Waals surface area contributed by atoms with E-state index in [2.05, 4.69) is 19.2 Å². The second-order valence-corrected chi connectivity index (χ2v) is 6.52. The number of carbonyl (C=O) groups is 1. The molecule has 1 heterocycles. The number of hydrogen-bond donors (Lipinski definition) is 2. The van der Waals surface area contributed by atoms with E-state index in [0.29, 0.717) is 11.4 Å². The van der Waals surface area contributed by atoms with Gasteiger partial charge in [-0.25, -0.2) is 0 Å². The van der Waals surface area contributed by atoms with Crippen molar-refractivity contribution < 1.29 is 4.79 Å². The van der Waals surface area contributed by atoms with Gasteiger partial charge >= 0.3 is 0 Å². The molecule has 1 aliphatic rings. The monoisotopic (exact) mass is 291 g/mol. The van der Waals surface area contributed by atoms with Crippen LogP contribution in [-0.2, 0) is 6.54 Å². The standard InChI is InChI=1S/C17H29N3O/c1-3-10-20-12-15(18)11-16(20)17(21)19-9-8-14-6-4-13(2)5-7-14/h11-14H,3-10,18H2,1-2H3,(H,19,21). The molecule has 2 rings (SSSR count). The lowest BCUT2D eigenvalue weighted by atomic mass is 9.81. The molecule has 0 unspecified atom stereocenters. The van der Waals surface area contributed by atoms with Gasteiger partial charge in [-0.15, -0.1) is 0 Å². The minimum atomic E-state index is 0.00401. The molecule has 4 nitrogen and oxygen atoms in total. The SMILES string of the molecule is CCCn1cc(N)cc1C(=O)NCCC1CCC(C)CC1. The third kappa shape index (κ3) is 4.51. The number of carbonyl (C=O) groups excluding carboxylic acids is 1. The number of nitrogens with two attached hydrogens (primary N) is 1. The van der Waals surface area contributed by atoms with Crippen LogP contribution in [0.3, 0.4) is 0 Å². The van der Waals surface area contributed by atoms with E-state index in [-0.39, 0.29) is 5.91 Å². The lowest BCUT2D eigenvalue weighted by molar-refractivity contribution is 0.0940. The van der Waals surface area contributed by atoms with Crippen LogP contribution in [0.25, 0.3) is 0 Å². The van der Waals surface area contributed by atoms with Crippen LogP contribution in [0.5, 0.6) is 0 Å². The van der Waals surface area contributed by atoms with Gasteiger partial charge in [-0.1, -0.05) is 39.5 Å². The van der Waals surface area contributed by atoms with Crippen molar-refractivity contribution in [3.05, 3.63) is 18.0 Å². The largest absolute Gasteiger partial charge is 0.397 e. The van der Waals surface area contributed by atoms with E-state index in [0.717, 1.165) is 37.8 Å². The van der Waals surface area contributed by atoms with Crippen LogP contribution >= 0.6 is 0 Å². The Balaban J connectivity index is 1.79. The Bertz CT molecular complexity index is 459. The van der Waals surface area contributed by atoms with E-state index in [1.54, 1.807) is 6.07 Å². The zero-order valence-electron chi connectivity index (χ0n) is 13.4. The number of aromatic nitrogens is 1. The highest BCUT2D eigenvalue weighted by molar-refractivity contribution is 5.93. The topological polar surface area (TPSA) is 60.0 Å². The molecule has 1 amide bonds. The minimum absolute atomic E-state index is 0.00401. The molecule has 0 aromatic carbocycles. The summed E-state index contributed by atoms with van der Waals surface area (Å²) in [5.41, 5.74) is 7.15. The van der Waals surface area contributed by atoms with Gasteiger partial charge in [0.2, 0.25) is 0 Å². The molecular weight excluding hydrogens is 262 g/mol. The Morgan fingerprint density at radius 2 is 2.10 bits per heavy atom. The van der Waals surface area contributed by atoms with E-state index in [4.69, 9.17) is 5.73 Å². The Morgan fingerprint density at radius 3 is 2.76 bits per heavy atom. The maximum atomic E-state index is 12.3. The number of nitrogens with one attached hydrogen (secondary N) is 1. The van der Waals surface area contributed by atoms with Gasteiger partial charge in [0, 0.05) is 19.3 Å². The zero-order valence-corrected chi connectivity index (χ0v) is 13.4. The maximum Gasteiger partial charge on any atom is 0.267 e. The van der Waals surface area contributed by atoms with Crippen molar-refractivity contribution >= 4 is 11.6 Å². The van der Waals surface area contributed by atoms with Crippen LogP contribution in [0.1, 0.15) is 62.9 Å². The van der Waals surface area contributed by atoms with E-state index in [1.165, 1.54) is 25.7 Å². The van der Waals surface area contributed by atoms with Crippen LogP contribution in [0, 0.1) is 11.8 Å². The predicted molar refractivity (Wildman–Crippen MR) is 87.2 cm³/mol. The highest BCUT2D eigenvalue weighted by atomic mass is 16.1. The maximum absolute atomic E-state index is 12.3. The normalized spacial score (nSPS) is 22.2. The molecule has 0 radical (unpaired) electrons. The van der Waals surface area contributed by atoms with Crippen LogP contribution < -0.4 is 11.1 Å². The van der Waals surface area contributed by atoms with Crippen molar-refractivity contribution in [2.45, 2.75) is 58.9 Å². The molecule has 0 spiro atoms. The first-order chi connectivity index (χ1) is 10.1. The molecule has 3 N–H and O–H groups in total. The van der Waals surface area contributed by atoms with Gasteiger partial charge in [0.15, 0.2) is 0 Å². The highest BCUT2D eigenvalue weighted by Crippen LogP contribution is 2.29. The summed E-state index contributed by atoms with van der Waals surface area (Å²) < 4.78 is 1.95. The Kier molecular flexibility index (Phi) is 5.71. The molecule has 0 bridgehead atoms. The summed E-state index contributed by atoms with van der Waals surface area (Å²) in [6.07, 6.45) is 9.26. The predicted octanol–water partition coefficient (Wildman–Crippen LogP) is 3.43. The summed E-state index contributed by atoms with van der Waals surface area (Å²) in [6.45, 7) is 6.04. The van der Waals surface area contributed by atoms with Gasteiger partial charge in [0.05, 0.1) is 5.69 Å². The Hall–Kier alpha value is -1.45. The number of nitrogen functional groups attached to an aromatic ring is 1. The fourth-order valence-electron chi connectivity index (χ4n) is 3.25. The molecule has 1 aliphatic carbocycles. The second-order valence-electron chi connectivity index (χ2n) is 6.52. The first-order valence-corrected chi connectivity index (χ1v) is 8.34. The number of hydrogen-bond acceptors (Lipinski definition) is 2. The fraction of sp³-hybridized carbons (Fsp3) is 0.706. The zero-order chi connectivity index (χ0) is 15.2. The number of anilines is 1. The van der Waals surface area contributed by atoms with Crippen LogP contribution in [0.2, 0.25) is 0 Å². The van der Waals surface area contributed by atoms with Gasteiger partial charge in [0.25, 0.3) is 5.91 Å². The summed E-state index contributed by atoms with van der Waals surface area (Å²) in [7, 11) is 0. The first kappa shape index (κ1) is 15.9. The van der Waals surface area contributed by atoms with Gasteiger partial charge in [-0.05, 0) is 30.7 Å². The van der Waals surface area contributed by atoms with Gasteiger partial charge < -0.3 is 15.6 Å². The molecule has 0 aliphatic heterocycles. The summed E-state index contributed by atoms with van der Waals surface area (Å²) in [5.74, 6) is 1.68. The summed E-state index contributed by atoms with van der Waals surface area (Å²) in [6, 6.07) is 1.77. The molecule has 1 aromatic heterocycles. The first-order valence-electron chi connectivity index (χ1n) is 8.34. The van der Waals surface area contributed by atoms with Crippen LogP contribution in [-0.4, -0.2) is 17.0 Å².